The summed E-state index contributed by atoms with van der Waals surface area (Å²) in [5.74, 6) is 0. The minimum atomic E-state index is -0.862. The summed E-state index contributed by atoms with van der Waals surface area (Å²) in [6.45, 7) is 17.1. The minimum Gasteiger partial charge on any atom is -0.444 e. The molecular formula is C18H34BNO6. The zero-order chi connectivity index (χ0) is 20.1. The maximum atomic E-state index is 12.7. The second-order valence-corrected chi connectivity index (χ2v) is 9.66. The highest BCUT2D eigenvalue weighted by Gasteiger charge is 2.54. The second kappa shape index (κ2) is 6.65. The third-order valence-corrected chi connectivity index (χ3v) is 5.29. The van der Waals surface area contributed by atoms with Crippen LogP contribution in [0.3, 0.4) is 0 Å². The van der Waals surface area contributed by atoms with E-state index >= 15 is 0 Å². The van der Waals surface area contributed by atoms with E-state index in [9.17, 15) is 9.90 Å². The van der Waals surface area contributed by atoms with E-state index in [4.69, 9.17) is 18.8 Å². The SMILES string of the molecule is CC(C)(C)OC(=O)N1[C@@H](C(O)CB2OC(C)(C)C(C)(C)O2)COC1(C)C. The molecule has 2 heterocycles. The molecule has 0 aromatic rings. The van der Waals surface area contributed by atoms with Crippen molar-refractivity contribution in [2.45, 2.75) is 103 Å². The Morgan fingerprint density at radius 2 is 1.69 bits per heavy atom. The predicted molar refractivity (Wildman–Crippen MR) is 98.8 cm³/mol. The van der Waals surface area contributed by atoms with Crippen LogP contribution in [-0.4, -0.2) is 64.5 Å². The molecule has 2 atom stereocenters. The normalized spacial score (nSPS) is 28.3. The van der Waals surface area contributed by atoms with E-state index in [1.807, 2.05) is 48.5 Å². The standard InChI is InChI=1S/C18H34BNO6/c1-15(2,3)24-14(22)20-12(11-23-18(20,8)9)13(21)10-19-25-16(4,5)17(6,7)26-19/h12-13,21H,10-11H2,1-9H3/t12-,13?/m1/s1. The van der Waals surface area contributed by atoms with Gasteiger partial charge in [0.15, 0.2) is 0 Å². The highest BCUT2D eigenvalue weighted by Crippen LogP contribution is 2.39. The summed E-state index contributed by atoms with van der Waals surface area (Å²) < 4.78 is 23.2. The van der Waals surface area contributed by atoms with Gasteiger partial charge in [0.1, 0.15) is 11.3 Å². The van der Waals surface area contributed by atoms with Crippen LogP contribution >= 0.6 is 0 Å². The molecule has 0 aromatic carbocycles. The molecule has 2 rings (SSSR count). The number of aliphatic hydroxyl groups is 1. The van der Waals surface area contributed by atoms with Crippen LogP contribution in [0.2, 0.25) is 6.32 Å². The molecule has 8 heteroatoms. The van der Waals surface area contributed by atoms with Crippen LogP contribution in [0.1, 0.15) is 62.3 Å². The van der Waals surface area contributed by atoms with Gasteiger partial charge in [-0.3, -0.25) is 4.90 Å². The summed E-state index contributed by atoms with van der Waals surface area (Å²) in [7, 11) is -0.542. The summed E-state index contributed by atoms with van der Waals surface area (Å²) in [6.07, 6.45) is -1.12. The van der Waals surface area contributed by atoms with Crippen LogP contribution in [0.15, 0.2) is 0 Å². The highest BCUT2D eigenvalue weighted by molar-refractivity contribution is 6.45. The maximum absolute atomic E-state index is 12.7. The molecule has 0 radical (unpaired) electrons. The number of carbonyl (C=O) groups excluding carboxylic acids is 1. The molecule has 0 aliphatic carbocycles. The quantitative estimate of drug-likeness (QED) is 0.769. The van der Waals surface area contributed by atoms with Crippen molar-refractivity contribution in [3.8, 4) is 0 Å². The summed E-state index contributed by atoms with van der Waals surface area (Å²) in [6, 6.07) is -0.529. The van der Waals surface area contributed by atoms with Gasteiger partial charge in [-0.1, -0.05) is 0 Å². The molecule has 1 amide bonds. The molecule has 2 fully saturated rings. The largest absolute Gasteiger partial charge is 0.460 e. The molecule has 0 bridgehead atoms. The first-order valence-corrected chi connectivity index (χ1v) is 9.26. The first-order valence-electron chi connectivity index (χ1n) is 9.26. The van der Waals surface area contributed by atoms with Crippen molar-refractivity contribution in [2.75, 3.05) is 6.61 Å². The Morgan fingerprint density at radius 3 is 2.15 bits per heavy atom. The van der Waals surface area contributed by atoms with Crippen molar-refractivity contribution in [3.05, 3.63) is 0 Å². The number of hydrogen-bond donors (Lipinski definition) is 1. The number of aliphatic hydroxyl groups excluding tert-OH is 1. The van der Waals surface area contributed by atoms with Gasteiger partial charge in [0.25, 0.3) is 0 Å². The monoisotopic (exact) mass is 371 g/mol. The first kappa shape index (κ1) is 21.5. The van der Waals surface area contributed by atoms with E-state index in [0.717, 1.165) is 0 Å². The molecule has 7 nitrogen and oxygen atoms in total. The third kappa shape index (κ3) is 4.35. The summed E-state index contributed by atoms with van der Waals surface area (Å²) in [4.78, 5) is 14.2. The van der Waals surface area contributed by atoms with E-state index in [2.05, 4.69) is 0 Å². The molecule has 2 saturated heterocycles. The Bertz CT molecular complexity index is 526. The van der Waals surface area contributed by atoms with Gasteiger partial charge >= 0.3 is 13.2 Å². The second-order valence-electron chi connectivity index (χ2n) is 9.66. The average molecular weight is 371 g/mol. The van der Waals surface area contributed by atoms with Gasteiger partial charge < -0.3 is 23.9 Å². The van der Waals surface area contributed by atoms with E-state index < -0.39 is 47.9 Å². The van der Waals surface area contributed by atoms with E-state index in [1.54, 1.807) is 13.8 Å². The number of hydrogen-bond acceptors (Lipinski definition) is 6. The van der Waals surface area contributed by atoms with Crippen molar-refractivity contribution in [3.63, 3.8) is 0 Å². The number of rotatable bonds is 3. The molecule has 2 aliphatic rings. The van der Waals surface area contributed by atoms with Crippen molar-refractivity contribution in [1.29, 1.82) is 0 Å². The van der Waals surface area contributed by atoms with Crippen LogP contribution in [0.4, 0.5) is 4.79 Å². The Labute approximate surface area is 157 Å². The topological polar surface area (TPSA) is 77.5 Å². The van der Waals surface area contributed by atoms with Gasteiger partial charge in [-0.15, -0.1) is 0 Å². The molecule has 0 saturated carbocycles. The van der Waals surface area contributed by atoms with Gasteiger partial charge in [0, 0.05) is 6.32 Å². The predicted octanol–water partition coefficient (Wildman–Crippen LogP) is 2.81. The number of nitrogens with zero attached hydrogens (tertiary/aromatic N) is 1. The number of carbonyl (C=O) groups is 1. The zero-order valence-corrected chi connectivity index (χ0v) is 17.6. The lowest BCUT2D eigenvalue weighted by Crippen LogP contribution is -2.53. The first-order chi connectivity index (χ1) is 11.6. The number of amides is 1. The highest BCUT2D eigenvalue weighted by atomic mass is 16.7. The van der Waals surface area contributed by atoms with Crippen molar-refractivity contribution < 1.29 is 28.7 Å². The van der Waals surface area contributed by atoms with E-state index in [0.29, 0.717) is 0 Å². The van der Waals surface area contributed by atoms with Crippen LogP contribution < -0.4 is 0 Å². The number of ether oxygens (including phenoxy) is 2. The lowest BCUT2D eigenvalue weighted by Gasteiger charge is -2.36. The fourth-order valence-electron chi connectivity index (χ4n) is 3.20. The molecule has 0 aromatic heterocycles. The zero-order valence-electron chi connectivity index (χ0n) is 17.6. The molecule has 2 aliphatic heterocycles. The molecular weight excluding hydrogens is 337 g/mol. The summed E-state index contributed by atoms with van der Waals surface area (Å²) in [5.41, 5.74) is -2.41. The molecule has 26 heavy (non-hydrogen) atoms. The molecule has 1 unspecified atom stereocenters. The Hall–Kier alpha value is -0.825. The average Bonchev–Trinajstić information content (AvgIpc) is 2.80. The van der Waals surface area contributed by atoms with Crippen LogP contribution in [0.25, 0.3) is 0 Å². The Morgan fingerprint density at radius 1 is 1.19 bits per heavy atom. The summed E-state index contributed by atoms with van der Waals surface area (Å²) in [5, 5.41) is 10.8. The van der Waals surface area contributed by atoms with Gasteiger partial charge in [-0.05, 0) is 62.3 Å². The molecule has 150 valence electrons. The van der Waals surface area contributed by atoms with Gasteiger partial charge in [-0.25, -0.2) is 4.79 Å². The smallest absolute Gasteiger partial charge is 0.444 e. The maximum Gasteiger partial charge on any atom is 0.460 e. The Kier molecular flexibility index (Phi) is 5.50. The molecule has 0 spiro atoms. The fraction of sp³-hybridized carbons (Fsp3) is 0.944. The summed E-state index contributed by atoms with van der Waals surface area (Å²) >= 11 is 0. The van der Waals surface area contributed by atoms with Crippen molar-refractivity contribution >= 4 is 13.2 Å². The van der Waals surface area contributed by atoms with Crippen molar-refractivity contribution in [1.82, 2.24) is 4.90 Å². The third-order valence-electron chi connectivity index (χ3n) is 5.29. The molecule has 1 N–H and O–H groups in total. The minimum absolute atomic E-state index is 0.229. The van der Waals surface area contributed by atoms with Crippen LogP contribution in [0.5, 0.6) is 0 Å². The van der Waals surface area contributed by atoms with Gasteiger partial charge in [0.2, 0.25) is 0 Å². The van der Waals surface area contributed by atoms with E-state index in [-0.39, 0.29) is 12.9 Å². The van der Waals surface area contributed by atoms with Gasteiger partial charge in [-0.2, -0.15) is 0 Å². The van der Waals surface area contributed by atoms with Crippen LogP contribution in [-0.2, 0) is 18.8 Å². The van der Waals surface area contributed by atoms with Gasteiger partial charge in [0.05, 0.1) is 30.0 Å². The fourth-order valence-corrected chi connectivity index (χ4v) is 3.20. The lowest BCUT2D eigenvalue weighted by molar-refractivity contribution is -0.0672. The lowest BCUT2D eigenvalue weighted by atomic mass is 9.79. The van der Waals surface area contributed by atoms with Crippen LogP contribution in [0, 0.1) is 0 Å². The Balaban J connectivity index is 2.10. The van der Waals surface area contributed by atoms with Crippen molar-refractivity contribution in [2.24, 2.45) is 0 Å². The van der Waals surface area contributed by atoms with E-state index in [1.165, 1.54) is 4.90 Å².